The fourth-order valence-electron chi connectivity index (χ4n) is 1.98. The molecular weight excluding hydrogens is 178 g/mol. The number of hydrogen-bond donors (Lipinski definition) is 1. The van der Waals surface area contributed by atoms with E-state index in [1.165, 1.54) is 5.56 Å². The lowest BCUT2D eigenvalue weighted by molar-refractivity contribution is 0.0382. The molecule has 4 nitrogen and oxygen atoms in total. The SMILES string of the molecule is Cn1cc(CC2(N)CCCOC2)cn1. The van der Waals surface area contributed by atoms with Crippen LogP contribution in [0.2, 0.25) is 0 Å². The molecule has 0 amide bonds. The Balaban J connectivity index is 2.01. The van der Waals surface area contributed by atoms with Crippen molar-refractivity contribution in [1.82, 2.24) is 9.78 Å². The fraction of sp³-hybridized carbons (Fsp3) is 0.700. The summed E-state index contributed by atoms with van der Waals surface area (Å²) in [7, 11) is 1.92. The van der Waals surface area contributed by atoms with E-state index in [-0.39, 0.29) is 5.54 Å². The summed E-state index contributed by atoms with van der Waals surface area (Å²) in [6, 6.07) is 0. The Morgan fingerprint density at radius 2 is 2.57 bits per heavy atom. The normalized spacial score (nSPS) is 27.9. The first-order valence-electron chi connectivity index (χ1n) is 5.02. The van der Waals surface area contributed by atoms with Gasteiger partial charge in [0.25, 0.3) is 0 Å². The first kappa shape index (κ1) is 9.68. The van der Waals surface area contributed by atoms with E-state index in [2.05, 4.69) is 5.10 Å². The number of nitrogens with two attached hydrogens (primary N) is 1. The van der Waals surface area contributed by atoms with E-state index in [0.717, 1.165) is 25.9 Å². The van der Waals surface area contributed by atoms with Gasteiger partial charge in [0.1, 0.15) is 0 Å². The van der Waals surface area contributed by atoms with Crippen LogP contribution >= 0.6 is 0 Å². The van der Waals surface area contributed by atoms with Crippen LogP contribution in [0.3, 0.4) is 0 Å². The molecule has 1 unspecified atom stereocenters. The van der Waals surface area contributed by atoms with Gasteiger partial charge >= 0.3 is 0 Å². The number of rotatable bonds is 2. The lowest BCUT2D eigenvalue weighted by Gasteiger charge is -2.32. The molecule has 1 aliphatic heterocycles. The van der Waals surface area contributed by atoms with Crippen LogP contribution in [-0.4, -0.2) is 28.5 Å². The molecule has 0 radical (unpaired) electrons. The van der Waals surface area contributed by atoms with Crippen molar-refractivity contribution >= 4 is 0 Å². The Kier molecular flexibility index (Phi) is 2.56. The highest BCUT2D eigenvalue weighted by Gasteiger charge is 2.28. The van der Waals surface area contributed by atoms with Crippen LogP contribution in [-0.2, 0) is 18.2 Å². The molecule has 1 saturated heterocycles. The zero-order chi connectivity index (χ0) is 10.0. The molecular formula is C10H17N3O. The summed E-state index contributed by atoms with van der Waals surface area (Å²) in [5, 5.41) is 4.13. The number of hydrogen-bond acceptors (Lipinski definition) is 3. The third kappa shape index (κ3) is 2.13. The summed E-state index contributed by atoms with van der Waals surface area (Å²) in [6.45, 7) is 1.52. The summed E-state index contributed by atoms with van der Waals surface area (Å²) >= 11 is 0. The molecule has 0 aromatic carbocycles. The van der Waals surface area contributed by atoms with Crippen molar-refractivity contribution in [2.45, 2.75) is 24.8 Å². The van der Waals surface area contributed by atoms with Gasteiger partial charge in [-0.05, 0) is 24.8 Å². The molecule has 1 atom stereocenters. The van der Waals surface area contributed by atoms with Gasteiger partial charge in [-0.3, -0.25) is 4.68 Å². The van der Waals surface area contributed by atoms with Crippen LogP contribution < -0.4 is 5.73 Å². The second-order valence-corrected chi connectivity index (χ2v) is 4.22. The largest absolute Gasteiger partial charge is 0.380 e. The van der Waals surface area contributed by atoms with Crippen molar-refractivity contribution in [3.05, 3.63) is 18.0 Å². The topological polar surface area (TPSA) is 53.1 Å². The molecule has 1 aromatic heterocycles. The summed E-state index contributed by atoms with van der Waals surface area (Å²) in [5.74, 6) is 0. The zero-order valence-electron chi connectivity index (χ0n) is 8.57. The maximum atomic E-state index is 6.24. The molecule has 1 aliphatic rings. The number of nitrogens with zero attached hydrogens (tertiary/aromatic N) is 2. The van der Waals surface area contributed by atoms with E-state index in [1.54, 1.807) is 0 Å². The van der Waals surface area contributed by atoms with E-state index in [4.69, 9.17) is 10.5 Å². The Morgan fingerprint density at radius 3 is 3.14 bits per heavy atom. The van der Waals surface area contributed by atoms with Gasteiger partial charge in [-0.1, -0.05) is 0 Å². The van der Waals surface area contributed by atoms with Crippen molar-refractivity contribution in [1.29, 1.82) is 0 Å². The van der Waals surface area contributed by atoms with Gasteiger partial charge in [-0.25, -0.2) is 0 Å². The van der Waals surface area contributed by atoms with Crippen LogP contribution in [0.1, 0.15) is 18.4 Å². The molecule has 1 aromatic rings. The molecule has 2 N–H and O–H groups in total. The van der Waals surface area contributed by atoms with Crippen LogP contribution in [0.25, 0.3) is 0 Å². The number of aryl methyl sites for hydroxylation is 1. The minimum atomic E-state index is -0.179. The third-order valence-corrected chi connectivity index (χ3v) is 2.67. The maximum absolute atomic E-state index is 6.24. The minimum Gasteiger partial charge on any atom is -0.380 e. The molecule has 2 heterocycles. The smallest absolute Gasteiger partial charge is 0.0649 e. The molecule has 0 bridgehead atoms. The number of ether oxygens (including phenoxy) is 1. The monoisotopic (exact) mass is 195 g/mol. The molecule has 78 valence electrons. The van der Waals surface area contributed by atoms with Crippen molar-refractivity contribution in [2.75, 3.05) is 13.2 Å². The number of aromatic nitrogens is 2. The van der Waals surface area contributed by atoms with Gasteiger partial charge < -0.3 is 10.5 Å². The molecule has 0 spiro atoms. The van der Waals surface area contributed by atoms with Gasteiger partial charge in [-0.2, -0.15) is 5.10 Å². The van der Waals surface area contributed by atoms with Gasteiger partial charge in [0.05, 0.1) is 12.8 Å². The van der Waals surface area contributed by atoms with Gasteiger partial charge in [0, 0.05) is 25.4 Å². The quantitative estimate of drug-likeness (QED) is 0.746. The van der Waals surface area contributed by atoms with E-state index < -0.39 is 0 Å². The van der Waals surface area contributed by atoms with E-state index >= 15 is 0 Å². The fourth-order valence-corrected chi connectivity index (χ4v) is 1.98. The summed E-state index contributed by atoms with van der Waals surface area (Å²) < 4.78 is 7.22. The van der Waals surface area contributed by atoms with Gasteiger partial charge in [-0.15, -0.1) is 0 Å². The lowest BCUT2D eigenvalue weighted by Crippen LogP contribution is -2.49. The molecule has 14 heavy (non-hydrogen) atoms. The van der Waals surface area contributed by atoms with Crippen molar-refractivity contribution in [3.8, 4) is 0 Å². The Labute approximate surface area is 84.0 Å². The Hall–Kier alpha value is -0.870. The standard InChI is InChI=1S/C10H17N3O/c1-13-7-9(6-12-13)5-10(11)3-2-4-14-8-10/h6-7H,2-5,8,11H2,1H3. The second-order valence-electron chi connectivity index (χ2n) is 4.22. The van der Waals surface area contributed by atoms with Crippen molar-refractivity contribution < 1.29 is 4.74 Å². The molecule has 0 saturated carbocycles. The van der Waals surface area contributed by atoms with E-state index in [0.29, 0.717) is 6.61 Å². The van der Waals surface area contributed by atoms with Crippen LogP contribution in [0.5, 0.6) is 0 Å². The lowest BCUT2D eigenvalue weighted by atomic mass is 9.88. The summed E-state index contributed by atoms with van der Waals surface area (Å²) in [5.41, 5.74) is 7.25. The highest BCUT2D eigenvalue weighted by atomic mass is 16.5. The van der Waals surface area contributed by atoms with Gasteiger partial charge in [0.2, 0.25) is 0 Å². The Bertz CT molecular complexity index is 302. The predicted molar refractivity (Wildman–Crippen MR) is 53.9 cm³/mol. The highest BCUT2D eigenvalue weighted by Crippen LogP contribution is 2.20. The maximum Gasteiger partial charge on any atom is 0.0649 e. The molecule has 1 fully saturated rings. The van der Waals surface area contributed by atoms with E-state index in [9.17, 15) is 0 Å². The molecule has 2 rings (SSSR count). The van der Waals surface area contributed by atoms with Crippen LogP contribution in [0.15, 0.2) is 12.4 Å². The summed E-state index contributed by atoms with van der Waals surface area (Å²) in [6.07, 6.45) is 6.87. The molecule has 0 aliphatic carbocycles. The average Bonchev–Trinajstić information content (AvgIpc) is 2.51. The van der Waals surface area contributed by atoms with Crippen LogP contribution in [0.4, 0.5) is 0 Å². The summed E-state index contributed by atoms with van der Waals surface area (Å²) in [4.78, 5) is 0. The highest BCUT2D eigenvalue weighted by molar-refractivity contribution is 5.10. The first-order chi connectivity index (χ1) is 6.68. The van der Waals surface area contributed by atoms with Crippen LogP contribution in [0, 0.1) is 0 Å². The van der Waals surface area contributed by atoms with Gasteiger partial charge in [0.15, 0.2) is 0 Å². The minimum absolute atomic E-state index is 0.179. The van der Waals surface area contributed by atoms with Crippen molar-refractivity contribution in [3.63, 3.8) is 0 Å². The third-order valence-electron chi connectivity index (χ3n) is 2.67. The van der Waals surface area contributed by atoms with Crippen molar-refractivity contribution in [2.24, 2.45) is 12.8 Å². The zero-order valence-corrected chi connectivity index (χ0v) is 8.57. The predicted octanol–water partition coefficient (Wildman–Crippen LogP) is 0.470. The molecule has 4 heteroatoms. The van der Waals surface area contributed by atoms with E-state index in [1.807, 2.05) is 24.1 Å². The Morgan fingerprint density at radius 1 is 1.71 bits per heavy atom. The average molecular weight is 195 g/mol. The first-order valence-corrected chi connectivity index (χ1v) is 5.02. The second kappa shape index (κ2) is 3.71.